The highest BCUT2D eigenvalue weighted by atomic mass is 32.1. The molecule has 2 aromatic carbocycles. The highest BCUT2D eigenvalue weighted by Gasteiger charge is 2.18. The number of carbonyl (C=O) groups excluding carboxylic acids is 1. The summed E-state index contributed by atoms with van der Waals surface area (Å²) in [7, 11) is 4.26. The van der Waals surface area contributed by atoms with Crippen LogP contribution in [0, 0.1) is 4.77 Å². The zero-order valence-electron chi connectivity index (χ0n) is 14.4. The molecule has 0 spiro atoms. The van der Waals surface area contributed by atoms with Crippen LogP contribution in [-0.4, -0.2) is 36.8 Å². The summed E-state index contributed by atoms with van der Waals surface area (Å²) in [4.78, 5) is 28.3. The van der Waals surface area contributed by atoms with E-state index in [9.17, 15) is 9.59 Å². The molecule has 0 radical (unpaired) electrons. The molecular weight excluding hydrogens is 356 g/mol. The minimum atomic E-state index is -0.606. The van der Waals surface area contributed by atoms with Gasteiger partial charge in [0.2, 0.25) is 0 Å². The predicted molar refractivity (Wildman–Crippen MR) is 99.2 cm³/mol. The van der Waals surface area contributed by atoms with E-state index in [1.807, 2.05) is 0 Å². The van der Waals surface area contributed by atoms with Crippen molar-refractivity contribution < 1.29 is 19.0 Å². The van der Waals surface area contributed by atoms with E-state index in [1.54, 1.807) is 30.3 Å². The van der Waals surface area contributed by atoms with Crippen molar-refractivity contribution >= 4 is 29.1 Å². The molecule has 0 aliphatic heterocycles. The highest BCUT2D eigenvalue weighted by Crippen LogP contribution is 2.23. The van der Waals surface area contributed by atoms with Crippen LogP contribution in [0.3, 0.4) is 0 Å². The van der Waals surface area contributed by atoms with Gasteiger partial charge in [-0.05, 0) is 48.6 Å². The molecule has 0 atom stereocenters. The minimum Gasteiger partial charge on any atom is -0.497 e. The molecule has 1 aromatic heterocycles. The number of H-pyrrole nitrogens is 1. The predicted octanol–water partition coefficient (Wildman–Crippen LogP) is 2.85. The van der Waals surface area contributed by atoms with Crippen LogP contribution in [0.25, 0.3) is 16.6 Å². The Labute approximate surface area is 153 Å². The zero-order chi connectivity index (χ0) is 18.8. The molecule has 0 aliphatic rings. The van der Waals surface area contributed by atoms with Crippen molar-refractivity contribution in [3.8, 4) is 17.2 Å². The van der Waals surface area contributed by atoms with E-state index < -0.39 is 5.97 Å². The molecule has 0 fully saturated rings. The van der Waals surface area contributed by atoms with Crippen molar-refractivity contribution in [2.45, 2.75) is 0 Å². The minimum absolute atomic E-state index is 0.156. The Balaban J connectivity index is 2.37. The number of hydrogen-bond acceptors (Lipinski definition) is 6. The molecule has 1 heterocycles. The summed E-state index contributed by atoms with van der Waals surface area (Å²) in [6.07, 6.45) is 0. The van der Waals surface area contributed by atoms with Crippen LogP contribution in [-0.2, 0) is 4.74 Å². The largest absolute Gasteiger partial charge is 0.497 e. The molecule has 134 valence electrons. The number of rotatable bonds is 4. The molecule has 0 amide bonds. The SMILES string of the molecule is COC(=O)c1cc(OC)ccc1-n1c(=S)[nH]c2ccc(OC)cc2c1=O. The first-order valence-electron chi connectivity index (χ1n) is 7.60. The monoisotopic (exact) mass is 372 g/mol. The van der Waals surface area contributed by atoms with Crippen LogP contribution in [0.4, 0.5) is 0 Å². The fourth-order valence-electron chi connectivity index (χ4n) is 2.65. The Morgan fingerprint density at radius 3 is 2.35 bits per heavy atom. The Hall–Kier alpha value is -3.13. The number of esters is 1. The van der Waals surface area contributed by atoms with Crippen LogP contribution < -0.4 is 15.0 Å². The first kappa shape index (κ1) is 17.7. The summed E-state index contributed by atoms with van der Waals surface area (Å²) in [6, 6.07) is 9.77. The molecule has 26 heavy (non-hydrogen) atoms. The summed E-state index contributed by atoms with van der Waals surface area (Å²) >= 11 is 5.35. The van der Waals surface area contributed by atoms with Gasteiger partial charge in [0, 0.05) is 0 Å². The van der Waals surface area contributed by atoms with Gasteiger partial charge in [0.25, 0.3) is 5.56 Å². The van der Waals surface area contributed by atoms with E-state index >= 15 is 0 Å². The number of carbonyl (C=O) groups is 1. The Morgan fingerprint density at radius 1 is 1.04 bits per heavy atom. The average molecular weight is 372 g/mol. The molecule has 0 bridgehead atoms. The molecule has 0 saturated carbocycles. The first-order chi connectivity index (χ1) is 12.5. The number of fused-ring (bicyclic) bond motifs is 1. The lowest BCUT2D eigenvalue weighted by atomic mass is 10.1. The Kier molecular flexibility index (Phi) is 4.77. The lowest BCUT2D eigenvalue weighted by Gasteiger charge is -2.13. The molecular formula is C18H16N2O5S. The van der Waals surface area contributed by atoms with Crippen LogP contribution in [0.1, 0.15) is 10.4 Å². The van der Waals surface area contributed by atoms with Gasteiger partial charge in [-0.25, -0.2) is 4.79 Å². The number of ether oxygens (including phenoxy) is 3. The Bertz CT molecular complexity index is 1120. The van der Waals surface area contributed by atoms with Gasteiger partial charge < -0.3 is 19.2 Å². The van der Waals surface area contributed by atoms with E-state index in [2.05, 4.69) is 4.98 Å². The van der Waals surface area contributed by atoms with Gasteiger partial charge in [-0.3, -0.25) is 9.36 Å². The second-order valence-corrected chi connectivity index (χ2v) is 5.74. The van der Waals surface area contributed by atoms with Crippen molar-refractivity contribution in [3.63, 3.8) is 0 Å². The number of nitrogens with zero attached hydrogens (tertiary/aromatic N) is 1. The standard InChI is InChI=1S/C18H16N2O5S/c1-23-10-4-6-14-12(8-10)16(21)20(18(26)19-14)15-7-5-11(24-2)9-13(15)17(22)25-3/h4-9H,1-3H3,(H,19,26). The summed E-state index contributed by atoms with van der Waals surface area (Å²) in [5, 5.41) is 0.379. The lowest BCUT2D eigenvalue weighted by molar-refractivity contribution is 0.0600. The summed E-state index contributed by atoms with van der Waals surface area (Å²) in [6.45, 7) is 0. The molecule has 7 nitrogen and oxygen atoms in total. The average Bonchev–Trinajstić information content (AvgIpc) is 2.67. The van der Waals surface area contributed by atoms with Crippen LogP contribution in [0.2, 0.25) is 0 Å². The zero-order valence-corrected chi connectivity index (χ0v) is 15.2. The summed E-state index contributed by atoms with van der Waals surface area (Å²) in [5.74, 6) is 0.389. The van der Waals surface area contributed by atoms with Crippen molar-refractivity contribution in [2.24, 2.45) is 0 Å². The number of aromatic amines is 1. The maximum Gasteiger partial charge on any atom is 0.340 e. The third-order valence-corrected chi connectivity index (χ3v) is 4.24. The van der Waals surface area contributed by atoms with Crippen molar-refractivity contribution in [3.05, 3.63) is 57.1 Å². The van der Waals surface area contributed by atoms with E-state index in [1.165, 1.54) is 32.0 Å². The van der Waals surface area contributed by atoms with E-state index in [-0.39, 0.29) is 15.9 Å². The van der Waals surface area contributed by atoms with Crippen molar-refractivity contribution in [1.29, 1.82) is 0 Å². The van der Waals surface area contributed by atoms with Crippen molar-refractivity contribution in [2.75, 3.05) is 21.3 Å². The molecule has 0 aliphatic carbocycles. The smallest absolute Gasteiger partial charge is 0.340 e. The maximum absolute atomic E-state index is 13.1. The topological polar surface area (TPSA) is 82.6 Å². The van der Waals surface area contributed by atoms with Gasteiger partial charge in [0.1, 0.15) is 11.5 Å². The van der Waals surface area contributed by atoms with Gasteiger partial charge in [-0.1, -0.05) is 0 Å². The number of hydrogen-bond donors (Lipinski definition) is 1. The van der Waals surface area contributed by atoms with Crippen LogP contribution in [0.5, 0.6) is 11.5 Å². The van der Waals surface area contributed by atoms with Crippen molar-refractivity contribution in [1.82, 2.24) is 9.55 Å². The number of nitrogens with one attached hydrogen (secondary N) is 1. The number of methoxy groups -OCH3 is 3. The lowest BCUT2D eigenvalue weighted by Crippen LogP contribution is -2.23. The van der Waals surface area contributed by atoms with Gasteiger partial charge in [-0.15, -0.1) is 0 Å². The molecule has 3 aromatic rings. The number of aromatic nitrogens is 2. The fraction of sp³-hybridized carbons (Fsp3) is 0.167. The van der Waals surface area contributed by atoms with E-state index in [0.29, 0.717) is 28.1 Å². The van der Waals surface area contributed by atoms with E-state index in [4.69, 9.17) is 26.4 Å². The third-order valence-electron chi connectivity index (χ3n) is 3.95. The quantitative estimate of drug-likeness (QED) is 0.560. The summed E-state index contributed by atoms with van der Waals surface area (Å²) < 4.78 is 16.6. The molecule has 0 saturated heterocycles. The molecule has 3 rings (SSSR count). The van der Waals surface area contributed by atoms with Gasteiger partial charge >= 0.3 is 5.97 Å². The first-order valence-corrected chi connectivity index (χ1v) is 8.00. The normalized spacial score (nSPS) is 10.6. The van der Waals surface area contributed by atoms with Gasteiger partial charge in [0.05, 0.1) is 43.5 Å². The number of benzene rings is 2. The Morgan fingerprint density at radius 2 is 1.69 bits per heavy atom. The van der Waals surface area contributed by atoms with Gasteiger partial charge in [0.15, 0.2) is 4.77 Å². The highest BCUT2D eigenvalue weighted by molar-refractivity contribution is 7.71. The second-order valence-electron chi connectivity index (χ2n) is 5.36. The molecule has 1 N–H and O–H groups in total. The van der Waals surface area contributed by atoms with E-state index in [0.717, 1.165) is 0 Å². The summed E-state index contributed by atoms with van der Waals surface area (Å²) in [5.41, 5.74) is 0.660. The van der Waals surface area contributed by atoms with Gasteiger partial charge in [-0.2, -0.15) is 0 Å². The maximum atomic E-state index is 13.1. The van der Waals surface area contributed by atoms with Crippen LogP contribution >= 0.6 is 12.2 Å². The van der Waals surface area contributed by atoms with Crippen LogP contribution in [0.15, 0.2) is 41.2 Å². The molecule has 8 heteroatoms. The fourth-order valence-corrected chi connectivity index (χ4v) is 2.94. The third kappa shape index (κ3) is 2.95. The second kappa shape index (κ2) is 7.01. The molecule has 0 unspecified atom stereocenters.